The minimum absolute atomic E-state index is 0.328. The summed E-state index contributed by atoms with van der Waals surface area (Å²) >= 11 is 1.34. The van der Waals surface area contributed by atoms with Gasteiger partial charge in [0.05, 0.1) is 10.2 Å². The van der Waals surface area contributed by atoms with Crippen LogP contribution in [0.15, 0.2) is 72.8 Å². The van der Waals surface area contributed by atoms with E-state index < -0.39 is 30.6 Å². The highest BCUT2D eigenvalue weighted by Gasteiger charge is 2.38. The van der Waals surface area contributed by atoms with Gasteiger partial charge in [-0.3, -0.25) is 19.3 Å². The molecule has 1 aromatic heterocycles. The number of nitrogens with two attached hydrogens (primary N) is 3. The van der Waals surface area contributed by atoms with Crippen LogP contribution in [0.1, 0.15) is 26.3 Å². The Morgan fingerprint density at radius 2 is 1.54 bits per heavy atom. The van der Waals surface area contributed by atoms with Gasteiger partial charge in [-0.25, -0.2) is 9.78 Å². The van der Waals surface area contributed by atoms with Gasteiger partial charge in [-0.05, 0) is 48.0 Å². The Balaban J connectivity index is 0.000000249. The predicted octanol–water partition coefficient (Wildman–Crippen LogP) is 3.49. The fourth-order valence-electron chi connectivity index (χ4n) is 3.10. The number of benzene rings is 3. The number of nitrogen functional groups attached to an aromatic ring is 1. The first-order chi connectivity index (χ1) is 19.2. The van der Waals surface area contributed by atoms with Crippen LogP contribution in [0.5, 0.6) is 0 Å². The number of aromatic nitrogens is 1. The lowest BCUT2D eigenvalue weighted by molar-refractivity contribution is -0.192. The minimum Gasteiger partial charge on any atom is -0.480 e. The van der Waals surface area contributed by atoms with Gasteiger partial charge in [0.2, 0.25) is 5.91 Å². The minimum atomic E-state index is -5.08. The summed E-state index contributed by atoms with van der Waals surface area (Å²) in [6.07, 6.45) is -5.08. The molecule has 1 heterocycles. The number of carboxylic acid groups (broad SMARTS) is 2. The standard InChI is InChI=1S/C16H16N2O3.C8H7N3OS.C2HF3O2/c17-10-12-5-4-8-14(9-12)18(11-15(19)20)16(21)13-6-2-1-3-7-13;9-7(12)4-1-2-5-6(3-4)13-8(10)11-5;3-2(4,5)1(6)7/h1-9H,10-11,17H2,(H,19,20);1-3H,(H2,9,12)(H2,10,11);(H,6,7). The lowest BCUT2D eigenvalue weighted by atomic mass is 10.1. The number of hydrogen-bond acceptors (Lipinski definition) is 8. The molecule has 0 unspecified atom stereocenters. The largest absolute Gasteiger partial charge is 0.490 e. The van der Waals surface area contributed by atoms with Crippen LogP contribution in [-0.4, -0.2) is 51.7 Å². The highest BCUT2D eigenvalue weighted by molar-refractivity contribution is 7.22. The first kappa shape index (κ1) is 32.2. The van der Waals surface area contributed by atoms with Crippen molar-refractivity contribution in [3.63, 3.8) is 0 Å². The summed E-state index contributed by atoms with van der Waals surface area (Å²) in [7, 11) is 0. The number of primary amides is 1. The summed E-state index contributed by atoms with van der Waals surface area (Å²) < 4.78 is 32.6. The van der Waals surface area contributed by atoms with Crippen LogP contribution in [-0.2, 0) is 16.1 Å². The Bertz CT molecular complexity index is 1530. The molecule has 0 aliphatic heterocycles. The van der Waals surface area contributed by atoms with Crippen LogP contribution in [0.25, 0.3) is 10.2 Å². The number of nitrogens with zero attached hydrogens (tertiary/aromatic N) is 2. The molecule has 0 atom stereocenters. The first-order valence-corrected chi connectivity index (χ1v) is 12.2. The molecule has 0 saturated carbocycles. The molecule has 2 amide bonds. The van der Waals surface area contributed by atoms with Gasteiger partial charge in [-0.2, -0.15) is 13.2 Å². The van der Waals surface area contributed by atoms with Crippen molar-refractivity contribution >= 4 is 56.1 Å². The fourth-order valence-corrected chi connectivity index (χ4v) is 3.87. The Morgan fingerprint density at radius 3 is 2.07 bits per heavy atom. The number of anilines is 2. The van der Waals surface area contributed by atoms with Crippen molar-refractivity contribution in [3.05, 3.63) is 89.5 Å². The summed E-state index contributed by atoms with van der Waals surface area (Å²) in [6.45, 7) is -0.0734. The topological polar surface area (TPSA) is 203 Å². The van der Waals surface area contributed by atoms with Crippen LogP contribution < -0.4 is 22.1 Å². The van der Waals surface area contributed by atoms with E-state index in [1.807, 2.05) is 6.07 Å². The van der Waals surface area contributed by atoms with Crippen molar-refractivity contribution < 1.29 is 42.6 Å². The highest BCUT2D eigenvalue weighted by atomic mass is 32.1. The molecule has 4 rings (SSSR count). The number of fused-ring (bicyclic) bond motifs is 1. The van der Waals surface area contributed by atoms with Crippen molar-refractivity contribution in [1.29, 1.82) is 0 Å². The molecule has 0 aliphatic rings. The van der Waals surface area contributed by atoms with Crippen LogP contribution in [0.3, 0.4) is 0 Å². The second kappa shape index (κ2) is 14.4. The van der Waals surface area contributed by atoms with Crippen LogP contribution in [0, 0.1) is 0 Å². The van der Waals surface area contributed by atoms with Crippen molar-refractivity contribution in [1.82, 2.24) is 4.98 Å². The zero-order valence-corrected chi connectivity index (χ0v) is 21.9. The van der Waals surface area contributed by atoms with Gasteiger partial charge in [-0.1, -0.05) is 41.7 Å². The van der Waals surface area contributed by atoms with E-state index in [1.165, 1.54) is 16.2 Å². The Hall–Kier alpha value is -5.02. The first-order valence-electron chi connectivity index (χ1n) is 11.4. The monoisotopic (exact) mass is 591 g/mol. The maximum atomic E-state index is 12.5. The molecule has 15 heteroatoms. The predicted molar refractivity (Wildman–Crippen MR) is 146 cm³/mol. The van der Waals surface area contributed by atoms with E-state index in [0.717, 1.165) is 15.8 Å². The summed E-state index contributed by atoms with van der Waals surface area (Å²) in [5, 5.41) is 16.7. The average Bonchev–Trinajstić information content (AvgIpc) is 3.31. The molecule has 0 bridgehead atoms. The van der Waals surface area contributed by atoms with Gasteiger partial charge in [-0.15, -0.1) is 0 Å². The molecule has 0 spiro atoms. The molecule has 0 radical (unpaired) electrons. The van der Waals surface area contributed by atoms with E-state index in [1.54, 1.807) is 66.7 Å². The van der Waals surface area contributed by atoms with Gasteiger partial charge >= 0.3 is 18.1 Å². The molecular weight excluding hydrogens is 567 g/mol. The van der Waals surface area contributed by atoms with E-state index in [4.69, 9.17) is 32.2 Å². The number of hydrogen-bond donors (Lipinski definition) is 5. The Morgan fingerprint density at radius 1 is 0.902 bits per heavy atom. The number of carbonyl (C=O) groups is 4. The van der Waals surface area contributed by atoms with E-state index in [9.17, 15) is 27.6 Å². The molecule has 8 N–H and O–H groups in total. The number of amides is 2. The summed E-state index contributed by atoms with van der Waals surface area (Å²) in [6, 6.07) is 20.7. The van der Waals surface area contributed by atoms with Gasteiger partial charge in [0.25, 0.3) is 5.91 Å². The number of rotatable bonds is 6. The SMILES string of the molecule is NC(=O)c1ccc2nc(N)sc2c1.NCc1cccc(N(CC(=O)O)C(=O)c2ccccc2)c1.O=C(O)C(F)(F)F. The zero-order valence-electron chi connectivity index (χ0n) is 21.0. The van der Waals surface area contributed by atoms with Crippen LogP contribution in [0.2, 0.25) is 0 Å². The van der Waals surface area contributed by atoms with E-state index in [2.05, 4.69) is 4.98 Å². The number of alkyl halides is 3. The number of carbonyl (C=O) groups excluding carboxylic acids is 2. The normalized spacial score (nSPS) is 10.4. The fraction of sp³-hybridized carbons (Fsp3) is 0.115. The highest BCUT2D eigenvalue weighted by Crippen LogP contribution is 2.24. The summed E-state index contributed by atoms with van der Waals surface area (Å²) in [5.41, 5.74) is 19.3. The Kier molecular flexibility index (Phi) is 11.3. The third-order valence-corrected chi connectivity index (χ3v) is 5.80. The smallest absolute Gasteiger partial charge is 0.480 e. The summed E-state index contributed by atoms with van der Waals surface area (Å²) in [5.74, 6) is -4.62. The molecule has 0 aliphatic carbocycles. The molecular formula is C26H24F3N5O6S. The third kappa shape index (κ3) is 9.90. The second-order valence-electron chi connectivity index (χ2n) is 7.93. The number of carboxylic acids is 2. The molecule has 3 aromatic carbocycles. The van der Waals surface area contributed by atoms with Gasteiger partial charge in [0, 0.05) is 23.4 Å². The van der Waals surface area contributed by atoms with Crippen molar-refractivity contribution in [2.75, 3.05) is 17.2 Å². The second-order valence-corrected chi connectivity index (χ2v) is 8.99. The molecule has 216 valence electrons. The van der Waals surface area contributed by atoms with Crippen molar-refractivity contribution in [2.24, 2.45) is 11.5 Å². The molecule has 11 nitrogen and oxygen atoms in total. The maximum absolute atomic E-state index is 12.5. The Labute approximate surface area is 234 Å². The van der Waals surface area contributed by atoms with Gasteiger partial charge in [0.15, 0.2) is 5.13 Å². The quantitative estimate of drug-likeness (QED) is 0.222. The maximum Gasteiger partial charge on any atom is 0.490 e. The van der Waals surface area contributed by atoms with Gasteiger partial charge in [0.1, 0.15) is 6.54 Å². The molecule has 4 aromatic rings. The molecule has 41 heavy (non-hydrogen) atoms. The lowest BCUT2D eigenvalue weighted by Crippen LogP contribution is -2.35. The third-order valence-electron chi connectivity index (χ3n) is 4.95. The molecule has 0 saturated heterocycles. The number of aliphatic carboxylic acids is 2. The van der Waals surface area contributed by atoms with E-state index >= 15 is 0 Å². The van der Waals surface area contributed by atoms with E-state index in [0.29, 0.717) is 28.5 Å². The van der Waals surface area contributed by atoms with Crippen LogP contribution in [0.4, 0.5) is 24.0 Å². The van der Waals surface area contributed by atoms with E-state index in [-0.39, 0.29) is 5.91 Å². The van der Waals surface area contributed by atoms with Gasteiger partial charge < -0.3 is 27.4 Å². The lowest BCUT2D eigenvalue weighted by Gasteiger charge is -2.21. The number of thiazole rings is 1. The summed E-state index contributed by atoms with van der Waals surface area (Å²) in [4.78, 5) is 48.6. The molecule has 0 fully saturated rings. The average molecular weight is 592 g/mol. The zero-order chi connectivity index (χ0) is 30.7. The van der Waals surface area contributed by atoms with Crippen LogP contribution >= 0.6 is 11.3 Å². The number of halogens is 3. The van der Waals surface area contributed by atoms with Crippen molar-refractivity contribution in [3.8, 4) is 0 Å². The van der Waals surface area contributed by atoms with Crippen molar-refractivity contribution in [2.45, 2.75) is 12.7 Å².